The molecule has 0 radical (unpaired) electrons. The third kappa shape index (κ3) is 4.33. The number of pyridine rings is 1. The Morgan fingerprint density at radius 2 is 2.10 bits per heavy atom. The van der Waals surface area contributed by atoms with Crippen LogP contribution < -0.4 is 5.32 Å². The Hall–Kier alpha value is -1.91. The number of likely N-dealkylation sites (N-methyl/N-ethyl adjacent to an activating group) is 1. The van der Waals surface area contributed by atoms with Crippen molar-refractivity contribution in [2.24, 2.45) is 0 Å². The van der Waals surface area contributed by atoms with Gasteiger partial charge in [-0.15, -0.1) is 0 Å². The van der Waals surface area contributed by atoms with Crippen molar-refractivity contribution in [1.82, 2.24) is 9.88 Å². The Balaban J connectivity index is 2.03. The fraction of sp³-hybridized carbons (Fsp3) is 0.312. The molecule has 20 heavy (non-hydrogen) atoms. The molecule has 0 aliphatic heterocycles. The number of anilines is 2. The molecule has 4 nitrogen and oxygen atoms in total. The summed E-state index contributed by atoms with van der Waals surface area (Å²) >= 11 is 0. The summed E-state index contributed by atoms with van der Waals surface area (Å²) in [4.78, 5) is 6.43. The molecule has 4 heteroatoms. The van der Waals surface area contributed by atoms with Crippen LogP contribution in [0.4, 0.5) is 11.5 Å². The lowest BCUT2D eigenvalue weighted by atomic mass is 10.2. The monoisotopic (exact) mass is 271 g/mol. The molecule has 0 fully saturated rings. The highest BCUT2D eigenvalue weighted by molar-refractivity contribution is 5.56. The highest BCUT2D eigenvalue weighted by Crippen LogP contribution is 2.17. The Morgan fingerprint density at radius 1 is 1.25 bits per heavy atom. The lowest BCUT2D eigenvalue weighted by molar-refractivity contribution is 0.217. The quantitative estimate of drug-likeness (QED) is 0.847. The molecule has 0 amide bonds. The Bertz CT molecular complexity index is 540. The molecule has 0 spiro atoms. The van der Waals surface area contributed by atoms with Crippen LogP contribution in [0.15, 0.2) is 42.6 Å². The van der Waals surface area contributed by atoms with Crippen LogP contribution in [0, 0.1) is 6.92 Å². The Kier molecular flexibility index (Phi) is 5.09. The number of hydrogen-bond acceptors (Lipinski definition) is 4. The van der Waals surface area contributed by atoms with Gasteiger partial charge in [-0.05, 0) is 43.3 Å². The molecule has 2 aromatic rings. The summed E-state index contributed by atoms with van der Waals surface area (Å²) in [5.74, 6) is 0.844. The molecule has 0 aliphatic carbocycles. The van der Waals surface area contributed by atoms with Gasteiger partial charge in [-0.25, -0.2) is 4.98 Å². The largest absolute Gasteiger partial charge is 0.395 e. The summed E-state index contributed by atoms with van der Waals surface area (Å²) in [6, 6.07) is 12.3. The molecule has 1 heterocycles. The van der Waals surface area contributed by atoms with Crippen molar-refractivity contribution in [2.45, 2.75) is 13.5 Å². The Labute approximate surface area is 120 Å². The average Bonchev–Trinajstić information content (AvgIpc) is 2.42. The minimum absolute atomic E-state index is 0.182. The predicted octanol–water partition coefficient (Wildman–Crippen LogP) is 2.56. The fourth-order valence-electron chi connectivity index (χ4n) is 2.00. The summed E-state index contributed by atoms with van der Waals surface area (Å²) in [5.41, 5.74) is 3.38. The topological polar surface area (TPSA) is 48.4 Å². The van der Waals surface area contributed by atoms with E-state index in [-0.39, 0.29) is 6.61 Å². The second-order valence-corrected chi connectivity index (χ2v) is 5.01. The first-order valence-electron chi connectivity index (χ1n) is 6.75. The SMILES string of the molecule is Cc1ccc(Nc2cccc(CN(C)CCO)c2)nc1. The van der Waals surface area contributed by atoms with Crippen molar-refractivity contribution >= 4 is 11.5 Å². The van der Waals surface area contributed by atoms with E-state index in [9.17, 15) is 0 Å². The standard InChI is InChI=1S/C16H21N3O/c1-13-6-7-16(17-11-13)18-15-5-3-4-14(10-15)12-19(2)8-9-20/h3-7,10-11,20H,8-9,12H2,1-2H3,(H,17,18). The van der Waals surface area contributed by atoms with E-state index < -0.39 is 0 Å². The van der Waals surface area contributed by atoms with E-state index in [1.165, 1.54) is 5.56 Å². The van der Waals surface area contributed by atoms with Crippen LogP contribution in [0.2, 0.25) is 0 Å². The zero-order valence-corrected chi connectivity index (χ0v) is 12.0. The lowest BCUT2D eigenvalue weighted by Gasteiger charge is -2.15. The molecule has 0 aliphatic rings. The number of benzene rings is 1. The molecule has 2 rings (SSSR count). The van der Waals surface area contributed by atoms with Gasteiger partial charge in [0, 0.05) is 25.0 Å². The van der Waals surface area contributed by atoms with E-state index in [1.54, 1.807) is 0 Å². The predicted molar refractivity (Wildman–Crippen MR) is 82.1 cm³/mol. The first-order chi connectivity index (χ1) is 9.67. The van der Waals surface area contributed by atoms with Gasteiger partial charge in [0.25, 0.3) is 0 Å². The van der Waals surface area contributed by atoms with Crippen LogP contribution in [-0.2, 0) is 6.54 Å². The number of aliphatic hydroxyl groups excluding tert-OH is 1. The molecule has 1 aromatic carbocycles. The number of nitrogens with zero attached hydrogens (tertiary/aromatic N) is 2. The summed E-state index contributed by atoms with van der Waals surface area (Å²) in [7, 11) is 2.00. The molecular weight excluding hydrogens is 250 g/mol. The third-order valence-electron chi connectivity index (χ3n) is 3.04. The van der Waals surface area contributed by atoms with Gasteiger partial charge in [0.05, 0.1) is 6.61 Å². The molecule has 0 bridgehead atoms. The maximum atomic E-state index is 8.92. The van der Waals surface area contributed by atoms with Crippen LogP contribution in [-0.4, -0.2) is 35.2 Å². The molecule has 0 saturated heterocycles. The van der Waals surface area contributed by atoms with Crippen molar-refractivity contribution in [1.29, 1.82) is 0 Å². The number of aryl methyl sites for hydroxylation is 1. The van der Waals surface area contributed by atoms with E-state index in [4.69, 9.17) is 5.11 Å². The van der Waals surface area contributed by atoms with E-state index in [2.05, 4.69) is 27.3 Å². The van der Waals surface area contributed by atoms with Crippen molar-refractivity contribution in [3.05, 3.63) is 53.7 Å². The van der Waals surface area contributed by atoms with Gasteiger partial charge < -0.3 is 10.4 Å². The van der Waals surface area contributed by atoms with Gasteiger partial charge in [-0.2, -0.15) is 0 Å². The van der Waals surface area contributed by atoms with E-state index in [0.717, 1.165) is 23.6 Å². The van der Waals surface area contributed by atoms with Crippen molar-refractivity contribution in [3.8, 4) is 0 Å². The Morgan fingerprint density at radius 3 is 2.80 bits per heavy atom. The number of aromatic nitrogens is 1. The van der Waals surface area contributed by atoms with Crippen molar-refractivity contribution in [2.75, 3.05) is 25.5 Å². The summed E-state index contributed by atoms with van der Waals surface area (Å²) in [5, 5.41) is 12.2. The third-order valence-corrected chi connectivity index (χ3v) is 3.04. The van der Waals surface area contributed by atoms with Gasteiger partial charge in [0.1, 0.15) is 5.82 Å². The van der Waals surface area contributed by atoms with E-state index in [1.807, 2.05) is 44.4 Å². The maximum absolute atomic E-state index is 8.92. The maximum Gasteiger partial charge on any atom is 0.130 e. The molecule has 2 N–H and O–H groups in total. The molecule has 106 valence electrons. The second kappa shape index (κ2) is 7.03. The minimum Gasteiger partial charge on any atom is -0.395 e. The van der Waals surface area contributed by atoms with Crippen molar-refractivity contribution < 1.29 is 5.11 Å². The van der Waals surface area contributed by atoms with Crippen molar-refractivity contribution in [3.63, 3.8) is 0 Å². The molecule has 0 atom stereocenters. The number of hydrogen-bond donors (Lipinski definition) is 2. The smallest absolute Gasteiger partial charge is 0.130 e. The average molecular weight is 271 g/mol. The highest BCUT2D eigenvalue weighted by Gasteiger charge is 2.01. The van der Waals surface area contributed by atoms with Crippen LogP contribution in [0.1, 0.15) is 11.1 Å². The fourth-order valence-corrected chi connectivity index (χ4v) is 2.00. The lowest BCUT2D eigenvalue weighted by Crippen LogP contribution is -2.21. The van der Waals surface area contributed by atoms with Crippen LogP contribution in [0.25, 0.3) is 0 Å². The molecule has 1 aromatic heterocycles. The first kappa shape index (κ1) is 14.5. The van der Waals surface area contributed by atoms with Crippen LogP contribution in [0.3, 0.4) is 0 Å². The normalized spacial score (nSPS) is 10.8. The highest BCUT2D eigenvalue weighted by atomic mass is 16.3. The number of aliphatic hydroxyl groups is 1. The van der Waals surface area contributed by atoms with Gasteiger partial charge in [-0.1, -0.05) is 18.2 Å². The zero-order chi connectivity index (χ0) is 14.4. The van der Waals surface area contributed by atoms with Crippen LogP contribution >= 0.6 is 0 Å². The van der Waals surface area contributed by atoms with E-state index >= 15 is 0 Å². The zero-order valence-electron chi connectivity index (χ0n) is 12.0. The number of nitrogens with one attached hydrogen (secondary N) is 1. The minimum atomic E-state index is 0.182. The summed E-state index contributed by atoms with van der Waals surface area (Å²) in [6.45, 7) is 3.70. The van der Waals surface area contributed by atoms with Gasteiger partial charge in [0.2, 0.25) is 0 Å². The van der Waals surface area contributed by atoms with Gasteiger partial charge >= 0.3 is 0 Å². The van der Waals surface area contributed by atoms with Crippen LogP contribution in [0.5, 0.6) is 0 Å². The molecular formula is C16H21N3O. The molecule has 0 unspecified atom stereocenters. The summed E-state index contributed by atoms with van der Waals surface area (Å²) < 4.78 is 0. The van der Waals surface area contributed by atoms with Gasteiger partial charge in [0.15, 0.2) is 0 Å². The summed E-state index contributed by atoms with van der Waals surface area (Å²) in [6.07, 6.45) is 1.85. The first-order valence-corrected chi connectivity index (χ1v) is 6.75. The molecule has 0 saturated carbocycles. The number of rotatable bonds is 6. The van der Waals surface area contributed by atoms with Gasteiger partial charge in [-0.3, -0.25) is 4.90 Å². The van der Waals surface area contributed by atoms with E-state index in [0.29, 0.717) is 6.54 Å². The second-order valence-electron chi connectivity index (χ2n) is 5.01.